The second-order valence-electron chi connectivity index (χ2n) is 1.15. The lowest BCUT2D eigenvalue weighted by Gasteiger charge is -1.93. The largest absolute Gasteiger partial charge is 0.376 e. The van der Waals surface area contributed by atoms with Crippen LogP contribution in [-0.4, -0.2) is 10.5 Å². The second-order valence-corrected chi connectivity index (χ2v) is 4.45. The van der Waals surface area contributed by atoms with Crippen LogP contribution in [0, 0.1) is 0 Å². The molecule has 1 N–H and O–H groups in total. The molecule has 1 nitrogen and oxygen atoms in total. The van der Waals surface area contributed by atoms with Gasteiger partial charge in [-0.15, -0.1) is 0 Å². The number of aliphatic hydroxyl groups excluding tert-OH is 1. The highest BCUT2D eigenvalue weighted by atomic mass is 35.5. The maximum absolute atomic E-state index is 8.84. The first-order valence-corrected chi connectivity index (χ1v) is 4.75. The normalized spacial score (nSPS) is 29.6. The van der Waals surface area contributed by atoms with Crippen molar-refractivity contribution in [1.82, 2.24) is 0 Å². The van der Waals surface area contributed by atoms with Crippen molar-refractivity contribution in [3.63, 3.8) is 0 Å². The predicted octanol–water partition coefficient (Wildman–Crippen LogP) is 2.35. The van der Waals surface area contributed by atoms with Crippen LogP contribution in [0.5, 0.6) is 0 Å². The van der Waals surface area contributed by atoms with E-state index < -0.39 is 5.44 Å². The van der Waals surface area contributed by atoms with Crippen LogP contribution in [0.15, 0.2) is 9.40 Å². The summed E-state index contributed by atoms with van der Waals surface area (Å²) in [7, 11) is 2.54. The van der Waals surface area contributed by atoms with E-state index >= 15 is 0 Å². The zero-order valence-electron chi connectivity index (χ0n) is 3.60. The maximum atomic E-state index is 8.84. The Bertz CT molecular complexity index is 135. The van der Waals surface area contributed by atoms with Crippen LogP contribution < -0.4 is 0 Å². The summed E-state index contributed by atoms with van der Waals surface area (Å²) in [6, 6.07) is 0. The van der Waals surface area contributed by atoms with E-state index in [1.54, 1.807) is 0 Å². The molecule has 1 heterocycles. The molecule has 46 valence electrons. The fourth-order valence-electron chi connectivity index (χ4n) is 0.267. The lowest BCUT2D eigenvalue weighted by atomic mass is 10.7. The molecule has 0 fully saturated rings. The van der Waals surface area contributed by atoms with Crippen molar-refractivity contribution < 1.29 is 5.11 Å². The highest BCUT2D eigenvalue weighted by Crippen LogP contribution is 2.48. The van der Waals surface area contributed by atoms with Crippen LogP contribution in [0.4, 0.5) is 0 Å². The Hall–Kier alpha value is 0.980. The van der Waals surface area contributed by atoms with E-state index in [9.17, 15) is 0 Å². The molecule has 5 heteroatoms. The van der Waals surface area contributed by atoms with Gasteiger partial charge < -0.3 is 5.11 Å². The van der Waals surface area contributed by atoms with Gasteiger partial charge in [0.2, 0.25) is 0 Å². The molecule has 8 heavy (non-hydrogen) atoms. The van der Waals surface area contributed by atoms with E-state index in [0.29, 0.717) is 9.40 Å². The van der Waals surface area contributed by atoms with Gasteiger partial charge in [-0.05, 0) is 10.8 Å². The lowest BCUT2D eigenvalue weighted by Crippen LogP contribution is -1.92. The minimum atomic E-state index is -0.617. The van der Waals surface area contributed by atoms with Crippen LogP contribution in [0.3, 0.4) is 0 Å². The molecule has 1 rings (SSSR count). The Morgan fingerprint density at radius 2 is 2.12 bits per heavy atom. The zero-order chi connectivity index (χ0) is 6.15. The minimum absolute atomic E-state index is 0.349. The van der Waals surface area contributed by atoms with Crippen molar-refractivity contribution in [1.29, 1.82) is 0 Å². The molecule has 0 spiro atoms. The van der Waals surface area contributed by atoms with Crippen molar-refractivity contribution in [2.24, 2.45) is 0 Å². The van der Waals surface area contributed by atoms with Gasteiger partial charge >= 0.3 is 0 Å². The maximum Gasteiger partial charge on any atom is 0.147 e. The summed E-state index contributed by atoms with van der Waals surface area (Å²) >= 11 is 11.0. The first kappa shape index (κ1) is 7.09. The Morgan fingerprint density at radius 1 is 1.50 bits per heavy atom. The molecule has 1 aliphatic heterocycles. The first-order valence-electron chi connectivity index (χ1n) is 1.78. The van der Waals surface area contributed by atoms with E-state index in [1.807, 2.05) is 0 Å². The van der Waals surface area contributed by atoms with Gasteiger partial charge in [0.1, 0.15) is 9.80 Å². The molecule has 0 saturated heterocycles. The second kappa shape index (κ2) is 2.71. The molecule has 1 atom stereocenters. The zero-order valence-corrected chi connectivity index (χ0v) is 6.74. The highest BCUT2D eigenvalue weighted by molar-refractivity contribution is 8.79. The van der Waals surface area contributed by atoms with Gasteiger partial charge in [-0.1, -0.05) is 34.0 Å². The molecule has 0 bridgehead atoms. The topological polar surface area (TPSA) is 20.2 Å². The van der Waals surface area contributed by atoms with Crippen LogP contribution in [0.25, 0.3) is 0 Å². The van der Waals surface area contributed by atoms with E-state index in [1.165, 1.54) is 21.6 Å². The van der Waals surface area contributed by atoms with E-state index in [0.717, 1.165) is 0 Å². The highest BCUT2D eigenvalue weighted by Gasteiger charge is 2.21. The summed E-state index contributed by atoms with van der Waals surface area (Å²) in [6.45, 7) is 0. The molecular formula is C3H2Cl2OS2. The SMILES string of the molecule is OC1SSC(Cl)=C1Cl. The Labute approximate surface area is 64.8 Å². The van der Waals surface area contributed by atoms with Crippen LogP contribution in [0.1, 0.15) is 0 Å². The summed E-state index contributed by atoms with van der Waals surface area (Å²) in [5.74, 6) is 0. The first-order chi connectivity index (χ1) is 3.72. The third-order valence-electron chi connectivity index (χ3n) is 0.617. The Kier molecular flexibility index (Phi) is 2.40. The number of hydrogen-bond donors (Lipinski definition) is 1. The van der Waals surface area contributed by atoms with Gasteiger partial charge in [0.05, 0.1) is 5.03 Å². The average molecular weight is 189 g/mol. The fraction of sp³-hybridized carbons (Fsp3) is 0.333. The number of halogens is 2. The molecule has 0 radical (unpaired) electrons. The molecule has 1 unspecified atom stereocenters. The Morgan fingerprint density at radius 3 is 2.25 bits per heavy atom. The van der Waals surface area contributed by atoms with Crippen LogP contribution in [-0.2, 0) is 0 Å². The molecule has 1 aliphatic rings. The summed E-state index contributed by atoms with van der Waals surface area (Å²) in [5.41, 5.74) is -0.617. The van der Waals surface area contributed by atoms with E-state index in [4.69, 9.17) is 28.3 Å². The van der Waals surface area contributed by atoms with E-state index in [2.05, 4.69) is 0 Å². The molecule has 0 amide bonds. The van der Waals surface area contributed by atoms with Crippen LogP contribution >= 0.6 is 44.8 Å². The number of rotatable bonds is 0. The summed E-state index contributed by atoms with van der Waals surface area (Å²) in [6.07, 6.45) is 0. The summed E-state index contributed by atoms with van der Waals surface area (Å²) < 4.78 is 0.490. The lowest BCUT2D eigenvalue weighted by molar-refractivity contribution is 0.308. The molecule has 0 saturated carbocycles. The standard InChI is InChI=1S/C3H2Cl2OS2/c4-1-2(5)7-8-3(1)6/h3,6H. The molecule has 0 aromatic carbocycles. The molecule has 0 aliphatic carbocycles. The van der Waals surface area contributed by atoms with Gasteiger partial charge in [0.25, 0.3) is 0 Å². The Balaban J connectivity index is 2.71. The smallest absolute Gasteiger partial charge is 0.147 e. The molecule has 0 aromatic rings. The van der Waals surface area contributed by atoms with Gasteiger partial charge in [0, 0.05) is 0 Å². The number of aliphatic hydroxyl groups is 1. The predicted molar refractivity (Wildman–Crippen MR) is 39.9 cm³/mol. The fourth-order valence-corrected chi connectivity index (χ4v) is 3.04. The third kappa shape index (κ3) is 1.28. The average Bonchev–Trinajstić information content (AvgIpc) is 1.98. The van der Waals surface area contributed by atoms with E-state index in [-0.39, 0.29) is 0 Å². The summed E-state index contributed by atoms with van der Waals surface area (Å²) in [4.78, 5) is 0. The number of hydrogen-bond acceptors (Lipinski definition) is 3. The van der Waals surface area contributed by atoms with Crippen molar-refractivity contribution in [3.8, 4) is 0 Å². The molecule has 0 aromatic heterocycles. The molecular weight excluding hydrogens is 187 g/mol. The monoisotopic (exact) mass is 188 g/mol. The van der Waals surface area contributed by atoms with Crippen molar-refractivity contribution in [3.05, 3.63) is 9.40 Å². The third-order valence-corrected chi connectivity index (χ3v) is 4.28. The van der Waals surface area contributed by atoms with Gasteiger partial charge in [-0.25, -0.2) is 0 Å². The van der Waals surface area contributed by atoms with Gasteiger partial charge in [-0.3, -0.25) is 0 Å². The van der Waals surface area contributed by atoms with Gasteiger partial charge in [-0.2, -0.15) is 0 Å². The minimum Gasteiger partial charge on any atom is -0.376 e. The quantitative estimate of drug-likeness (QED) is 0.590. The van der Waals surface area contributed by atoms with Crippen molar-refractivity contribution >= 4 is 44.8 Å². The van der Waals surface area contributed by atoms with Crippen LogP contribution in [0.2, 0.25) is 0 Å². The van der Waals surface area contributed by atoms with Gasteiger partial charge in [0.15, 0.2) is 0 Å². The van der Waals surface area contributed by atoms with Crippen molar-refractivity contribution in [2.45, 2.75) is 5.44 Å². The summed E-state index contributed by atoms with van der Waals surface area (Å²) in [5, 5.41) is 9.18. The van der Waals surface area contributed by atoms with Crippen molar-refractivity contribution in [2.75, 3.05) is 0 Å².